The molecule has 0 aliphatic carbocycles. The van der Waals surface area contributed by atoms with Gasteiger partial charge in [0.1, 0.15) is 31.5 Å². The van der Waals surface area contributed by atoms with Crippen LogP contribution >= 0.6 is 19.4 Å². The molecule has 2 aliphatic heterocycles. The molecule has 3 aromatic rings. The fourth-order valence-corrected chi connectivity index (χ4v) is 6.43. The molecular weight excluding hydrogens is 695 g/mol. The Morgan fingerprint density at radius 2 is 1.71 bits per heavy atom. The first kappa shape index (κ1) is 41.0. The number of piperazine rings is 1. The smallest absolute Gasteiger partial charge is 0.780 e. The molecule has 2 fully saturated rings. The van der Waals surface area contributed by atoms with Gasteiger partial charge >= 0.3 is 65.1 Å². The summed E-state index contributed by atoms with van der Waals surface area (Å²) in [4.78, 5) is 67.0. The third-order valence-corrected chi connectivity index (χ3v) is 8.55. The van der Waals surface area contributed by atoms with Crippen molar-refractivity contribution in [3.05, 3.63) is 107 Å². The molecule has 49 heavy (non-hydrogen) atoms. The van der Waals surface area contributed by atoms with Crippen molar-refractivity contribution in [2.24, 2.45) is 0 Å². The number of phosphoric ester groups is 1. The summed E-state index contributed by atoms with van der Waals surface area (Å²) in [5.74, 6) is -0.412. The maximum absolute atomic E-state index is 14.2. The van der Waals surface area contributed by atoms with E-state index in [0.29, 0.717) is 21.9 Å². The summed E-state index contributed by atoms with van der Waals surface area (Å²) in [6, 6.07) is 18.7. The zero-order valence-electron chi connectivity index (χ0n) is 27.5. The van der Waals surface area contributed by atoms with Gasteiger partial charge in [-0.1, -0.05) is 66.2 Å². The topological polar surface area (TPSA) is 158 Å². The van der Waals surface area contributed by atoms with E-state index in [4.69, 9.17) is 16.3 Å². The predicted octanol–water partition coefficient (Wildman–Crippen LogP) is -3.70. The standard InChI is InChI=1S/C32H35ClN5O8P.2Na/c1-3-15-36-21-30(39)37-27(17-22-9-12-25(13-10-22)46-47(42,43)44)31(40)35(19-24-11-14-28(45-2)26(33)16-24)20-29(37)38(36)32(41)34-18-23-7-5-4-6-8-23;;/h3-14,16,27,29H,1,15,17-21H2,2H3,(H,34,41)(H2,42,43,44);;/q;2*+1/p-2/t27-,29-;;/m0../s1. The SMILES string of the molecule is C=CCN1CC(=O)N2[C@@H](Cc3ccc(OP(=O)([O-])[O-])cc3)C(=O)N(Cc3ccc(OC)c(Cl)c3)C[C@@H]2N1C(=O)NCc1ccccc1.[Na+].[Na+]. The van der Waals surface area contributed by atoms with Crippen molar-refractivity contribution in [1.82, 2.24) is 25.1 Å². The van der Waals surface area contributed by atoms with Gasteiger partial charge in [0.15, 0.2) is 0 Å². The summed E-state index contributed by atoms with van der Waals surface area (Å²) in [6.45, 7) is 4.20. The van der Waals surface area contributed by atoms with Crippen LogP contribution < -0.4 is 83.5 Å². The van der Waals surface area contributed by atoms with Gasteiger partial charge in [-0.15, -0.1) is 6.58 Å². The summed E-state index contributed by atoms with van der Waals surface area (Å²) >= 11 is 6.38. The van der Waals surface area contributed by atoms with Gasteiger partial charge < -0.3 is 38.7 Å². The van der Waals surface area contributed by atoms with Crippen molar-refractivity contribution in [3.8, 4) is 11.5 Å². The number of carbonyl (C=O) groups excluding carboxylic acids is 3. The van der Waals surface area contributed by atoms with E-state index in [0.717, 1.165) is 5.56 Å². The first-order valence-corrected chi connectivity index (χ1v) is 16.5. The molecule has 0 spiro atoms. The normalized spacial score (nSPS) is 17.8. The Morgan fingerprint density at radius 3 is 2.33 bits per heavy atom. The largest absolute Gasteiger partial charge is 1.00 e. The molecule has 0 aromatic heterocycles. The molecule has 0 unspecified atom stereocenters. The number of carbonyl (C=O) groups is 3. The summed E-state index contributed by atoms with van der Waals surface area (Å²) in [5.41, 5.74) is 2.16. The number of nitrogens with zero attached hydrogens (tertiary/aromatic N) is 4. The Morgan fingerprint density at radius 1 is 1.04 bits per heavy atom. The summed E-state index contributed by atoms with van der Waals surface area (Å²) in [5, 5.41) is 6.37. The van der Waals surface area contributed by atoms with Crippen molar-refractivity contribution in [3.63, 3.8) is 0 Å². The Labute approximate surface area is 333 Å². The first-order valence-electron chi connectivity index (χ1n) is 14.7. The van der Waals surface area contributed by atoms with Crippen LogP contribution in [-0.4, -0.2) is 76.6 Å². The first-order chi connectivity index (χ1) is 22.5. The van der Waals surface area contributed by atoms with Crippen molar-refractivity contribution in [2.75, 3.05) is 26.7 Å². The van der Waals surface area contributed by atoms with Gasteiger partial charge in [0.05, 0.1) is 25.2 Å². The van der Waals surface area contributed by atoms with Crippen LogP contribution in [0.2, 0.25) is 5.02 Å². The van der Waals surface area contributed by atoms with Crippen molar-refractivity contribution in [1.29, 1.82) is 0 Å². The van der Waals surface area contributed by atoms with E-state index in [1.54, 1.807) is 34.2 Å². The van der Waals surface area contributed by atoms with E-state index < -0.39 is 26.1 Å². The zero-order chi connectivity index (χ0) is 33.7. The number of urea groups is 1. The second kappa shape index (κ2) is 18.2. The Hall–Kier alpha value is -2.39. The number of amides is 4. The molecule has 17 heteroatoms. The van der Waals surface area contributed by atoms with Crippen LogP contribution in [0.4, 0.5) is 4.79 Å². The van der Waals surface area contributed by atoms with E-state index in [-0.39, 0.29) is 116 Å². The van der Waals surface area contributed by atoms with Crippen LogP contribution in [0.3, 0.4) is 0 Å². The monoisotopic (exact) mass is 727 g/mol. The third-order valence-electron chi connectivity index (χ3n) is 7.82. The number of hydrogen-bond acceptors (Lipinski definition) is 9. The summed E-state index contributed by atoms with van der Waals surface area (Å²) in [7, 11) is -3.77. The third kappa shape index (κ3) is 10.3. The van der Waals surface area contributed by atoms with E-state index in [9.17, 15) is 28.7 Å². The van der Waals surface area contributed by atoms with Gasteiger partial charge in [0.25, 0.3) is 0 Å². The average molecular weight is 728 g/mol. The molecule has 4 amide bonds. The maximum atomic E-state index is 14.2. The zero-order valence-corrected chi connectivity index (χ0v) is 33.1. The molecular formula is C32H33ClN5Na2O8P. The number of ether oxygens (including phenoxy) is 1. The number of hydrogen-bond donors (Lipinski definition) is 1. The quantitative estimate of drug-likeness (QED) is 0.119. The van der Waals surface area contributed by atoms with Crippen molar-refractivity contribution >= 4 is 37.3 Å². The fraction of sp³-hybridized carbons (Fsp3) is 0.281. The van der Waals surface area contributed by atoms with Crippen LogP contribution in [-0.2, 0) is 33.7 Å². The average Bonchev–Trinajstić information content (AvgIpc) is 3.03. The Bertz CT molecular complexity index is 1680. The van der Waals surface area contributed by atoms with Crippen LogP contribution in [0, 0.1) is 0 Å². The summed E-state index contributed by atoms with van der Waals surface area (Å²) in [6.07, 6.45) is 0.752. The van der Waals surface area contributed by atoms with Gasteiger partial charge in [-0.2, -0.15) is 0 Å². The molecule has 2 atom stereocenters. The second-order valence-electron chi connectivity index (χ2n) is 11.0. The second-order valence-corrected chi connectivity index (χ2v) is 12.5. The molecule has 0 radical (unpaired) electrons. The minimum Gasteiger partial charge on any atom is -0.780 e. The molecule has 13 nitrogen and oxygen atoms in total. The van der Waals surface area contributed by atoms with Gasteiger partial charge in [-0.3, -0.25) is 9.59 Å². The Kier molecular flexibility index (Phi) is 15.2. The number of benzene rings is 3. The van der Waals surface area contributed by atoms with Gasteiger partial charge in [0.2, 0.25) is 11.8 Å². The molecule has 1 N–H and O–H groups in total. The number of rotatable bonds is 11. The molecule has 0 saturated carbocycles. The molecule has 2 heterocycles. The Balaban J connectivity index is 0.00000325. The van der Waals surface area contributed by atoms with E-state index in [2.05, 4.69) is 16.4 Å². The van der Waals surface area contributed by atoms with Crippen LogP contribution in [0.25, 0.3) is 0 Å². The van der Waals surface area contributed by atoms with Crippen LogP contribution in [0.15, 0.2) is 85.5 Å². The van der Waals surface area contributed by atoms with E-state index in [1.165, 1.54) is 41.3 Å². The van der Waals surface area contributed by atoms with E-state index in [1.807, 2.05) is 30.3 Å². The predicted molar refractivity (Wildman–Crippen MR) is 169 cm³/mol. The number of hydrazine groups is 1. The number of methoxy groups -OCH3 is 1. The van der Waals surface area contributed by atoms with Gasteiger partial charge in [0, 0.05) is 26.1 Å². The number of halogens is 1. The summed E-state index contributed by atoms with van der Waals surface area (Å²) < 4.78 is 20.8. The molecule has 248 valence electrons. The minimum absolute atomic E-state index is 0. The molecule has 2 aliphatic rings. The fourth-order valence-electron chi connectivity index (χ4n) is 5.77. The maximum Gasteiger partial charge on any atom is 1.00 e. The van der Waals surface area contributed by atoms with E-state index >= 15 is 0 Å². The number of nitrogens with one attached hydrogen (secondary N) is 1. The van der Waals surface area contributed by atoms with Crippen LogP contribution in [0.5, 0.6) is 11.5 Å². The molecule has 2 saturated heterocycles. The molecule has 0 bridgehead atoms. The van der Waals surface area contributed by atoms with Gasteiger partial charge in [-0.05, 0) is 41.0 Å². The van der Waals surface area contributed by atoms with Gasteiger partial charge in [-0.25, -0.2) is 14.8 Å². The van der Waals surface area contributed by atoms with Crippen LogP contribution in [0.1, 0.15) is 16.7 Å². The molecule has 5 rings (SSSR count). The minimum atomic E-state index is -5.27. The number of fused-ring (bicyclic) bond motifs is 1. The van der Waals surface area contributed by atoms with Crippen molar-refractivity contribution < 1.29 is 97.1 Å². The van der Waals surface area contributed by atoms with Crippen molar-refractivity contribution in [2.45, 2.75) is 31.7 Å². The number of phosphoric acid groups is 1. The molecule has 3 aromatic carbocycles.